The summed E-state index contributed by atoms with van der Waals surface area (Å²) in [4.78, 5) is 37.1. The van der Waals surface area contributed by atoms with Crippen LogP contribution in [0.15, 0.2) is 0 Å². The zero-order valence-corrected chi connectivity index (χ0v) is 16.5. The summed E-state index contributed by atoms with van der Waals surface area (Å²) in [6.45, 7) is 1.92. The van der Waals surface area contributed by atoms with E-state index in [2.05, 4.69) is 14.9 Å². The van der Waals surface area contributed by atoms with Crippen molar-refractivity contribution in [3.8, 4) is 0 Å². The van der Waals surface area contributed by atoms with E-state index >= 15 is 0 Å². The lowest BCUT2D eigenvalue weighted by atomic mass is 10.2. The van der Waals surface area contributed by atoms with Gasteiger partial charge in [-0.3, -0.25) is 14.4 Å². The first-order valence-corrected chi connectivity index (χ1v) is 11.3. The monoisotopic (exact) mass is 387 g/mol. The van der Waals surface area contributed by atoms with Gasteiger partial charge in [0.25, 0.3) is 0 Å². The van der Waals surface area contributed by atoms with Crippen LogP contribution in [0.1, 0.15) is 77.6 Å². The Kier molecular flexibility index (Phi) is 7.42. The van der Waals surface area contributed by atoms with Gasteiger partial charge in [-0.05, 0) is 32.1 Å². The molecule has 2 rings (SSSR count). The van der Waals surface area contributed by atoms with E-state index in [4.69, 9.17) is 0 Å². The molecule has 0 bridgehead atoms. The predicted octanol–water partition coefficient (Wildman–Crippen LogP) is 3.35. The van der Waals surface area contributed by atoms with Gasteiger partial charge in [0.2, 0.25) is 0 Å². The van der Waals surface area contributed by atoms with Gasteiger partial charge < -0.3 is 14.9 Å². The van der Waals surface area contributed by atoms with Crippen molar-refractivity contribution in [2.45, 2.75) is 89.1 Å². The highest BCUT2D eigenvalue weighted by Crippen LogP contribution is 2.32. The van der Waals surface area contributed by atoms with Crippen molar-refractivity contribution in [1.29, 1.82) is 0 Å². The Morgan fingerprint density at radius 2 is 1.31 bits per heavy atom. The summed E-state index contributed by atoms with van der Waals surface area (Å²) < 4.78 is 30.0. The summed E-state index contributed by atoms with van der Waals surface area (Å²) >= 11 is -3.30. The summed E-state index contributed by atoms with van der Waals surface area (Å²) in [6, 6.07) is 0. The fourth-order valence-electron chi connectivity index (χ4n) is 3.53. The molecular weight excluding hydrogens is 359 g/mol. The van der Waals surface area contributed by atoms with Gasteiger partial charge in [0.15, 0.2) is 27.0 Å². The highest BCUT2D eigenvalue weighted by Gasteiger charge is 2.48. The summed E-state index contributed by atoms with van der Waals surface area (Å²) in [6.07, 6.45) is 5.00. The lowest BCUT2D eigenvalue weighted by Gasteiger charge is -2.25. The van der Waals surface area contributed by atoms with Crippen LogP contribution in [-0.4, -0.2) is 41.4 Å². The van der Waals surface area contributed by atoms with Crippen LogP contribution in [0.5, 0.6) is 0 Å². The maximum Gasteiger partial charge on any atom is 0.661 e. The highest BCUT2D eigenvalue weighted by atomic mass is 27.2. The van der Waals surface area contributed by atoms with Crippen molar-refractivity contribution in [2.24, 2.45) is 0 Å². The number of carbonyl (C=O) groups is 3. The number of nitrogens with one attached hydrogen (secondary N) is 3. The molecule has 0 aromatic carbocycles. The molecule has 0 radical (unpaired) electrons. The fourth-order valence-corrected chi connectivity index (χ4v) is 5.30. The molecule has 0 aliphatic heterocycles. The molecular formula is C17H28AlF2N3O3. The third-order valence-electron chi connectivity index (χ3n) is 5.07. The number of unbranched alkanes of at least 4 members (excludes halogenated alkanes) is 1. The molecule has 3 N–H and O–H groups in total. The highest BCUT2D eigenvalue weighted by molar-refractivity contribution is 7.10. The number of alkyl halides is 2. The molecule has 0 spiro atoms. The van der Waals surface area contributed by atoms with Crippen molar-refractivity contribution in [1.82, 2.24) is 14.9 Å². The third kappa shape index (κ3) is 5.92. The van der Waals surface area contributed by atoms with E-state index in [1.54, 1.807) is 0 Å². The summed E-state index contributed by atoms with van der Waals surface area (Å²) in [7, 11) is 0. The first kappa shape index (κ1) is 21.1. The number of hydrogen-bond donors (Lipinski definition) is 3. The Balaban J connectivity index is 2.05. The van der Waals surface area contributed by atoms with Crippen LogP contribution in [0.4, 0.5) is 18.4 Å². The lowest BCUT2D eigenvalue weighted by molar-refractivity contribution is -0.119. The molecule has 2 fully saturated rings. The molecule has 0 saturated heterocycles. The quantitative estimate of drug-likeness (QED) is 0.441. The number of rotatable bonds is 8. The Labute approximate surface area is 157 Å². The minimum atomic E-state index is -3.30. The van der Waals surface area contributed by atoms with Crippen molar-refractivity contribution >= 4 is 29.8 Å². The van der Waals surface area contributed by atoms with Crippen molar-refractivity contribution < 1.29 is 23.2 Å². The van der Waals surface area contributed by atoms with Crippen LogP contribution < -0.4 is 14.9 Å². The first-order chi connectivity index (χ1) is 12.3. The minimum Gasteiger partial charge on any atom is -0.432 e. The third-order valence-corrected chi connectivity index (χ3v) is 7.02. The zero-order valence-electron chi connectivity index (χ0n) is 15.3. The molecule has 26 heavy (non-hydrogen) atoms. The van der Waals surface area contributed by atoms with Crippen molar-refractivity contribution in [3.63, 3.8) is 0 Å². The molecule has 0 heterocycles. The lowest BCUT2D eigenvalue weighted by Crippen LogP contribution is -2.63. The van der Waals surface area contributed by atoms with Crippen LogP contribution in [0.25, 0.3) is 0 Å². The predicted molar refractivity (Wildman–Crippen MR) is 95.1 cm³/mol. The second-order valence-corrected chi connectivity index (χ2v) is 9.63. The second-order valence-electron chi connectivity index (χ2n) is 7.43. The van der Waals surface area contributed by atoms with Gasteiger partial charge in [-0.2, -0.15) is 0 Å². The zero-order chi connectivity index (χ0) is 19.2. The van der Waals surface area contributed by atoms with Crippen LogP contribution in [0, 0.1) is 0 Å². The molecule has 0 aromatic rings. The maximum atomic E-state index is 14.6. The normalized spacial score (nSPS) is 20.4. The molecule has 9 heteroatoms. The van der Waals surface area contributed by atoms with Crippen molar-refractivity contribution in [2.75, 3.05) is 0 Å². The fraction of sp³-hybridized carbons (Fsp3) is 0.824. The smallest absolute Gasteiger partial charge is 0.432 e. The van der Waals surface area contributed by atoms with Crippen LogP contribution in [0.2, 0.25) is 0 Å². The van der Waals surface area contributed by atoms with E-state index in [0.717, 1.165) is 6.42 Å². The van der Waals surface area contributed by atoms with Gasteiger partial charge >= 0.3 is 14.4 Å². The molecule has 6 nitrogen and oxygen atoms in total. The van der Waals surface area contributed by atoms with Crippen LogP contribution >= 0.6 is 0 Å². The maximum absolute atomic E-state index is 14.6. The van der Waals surface area contributed by atoms with E-state index < -0.39 is 41.4 Å². The second kappa shape index (κ2) is 9.14. The van der Waals surface area contributed by atoms with E-state index in [1.807, 2.05) is 6.92 Å². The first-order valence-electron chi connectivity index (χ1n) is 9.58. The number of carbonyl (C=O) groups excluding carboxylic acids is 3. The van der Waals surface area contributed by atoms with Gasteiger partial charge in [-0.15, -0.1) is 0 Å². The summed E-state index contributed by atoms with van der Waals surface area (Å²) in [5.41, 5.74) is 0. The Hall–Kier alpha value is -1.20. The van der Waals surface area contributed by atoms with E-state index in [0.29, 0.717) is 32.1 Å². The van der Waals surface area contributed by atoms with Gasteiger partial charge in [-0.1, -0.05) is 13.3 Å². The molecule has 0 atom stereocenters. The average Bonchev–Trinajstić information content (AvgIpc) is 3.19. The minimum absolute atomic E-state index is 0.183. The average molecular weight is 387 g/mol. The molecule has 0 aromatic heterocycles. The Bertz CT molecular complexity index is 499. The Morgan fingerprint density at radius 3 is 1.69 bits per heavy atom. The number of amides is 3. The van der Waals surface area contributed by atoms with Crippen LogP contribution in [0.3, 0.4) is 0 Å². The molecule has 2 saturated carbocycles. The van der Waals surface area contributed by atoms with Gasteiger partial charge in [0.05, 0.1) is 0 Å². The summed E-state index contributed by atoms with van der Waals surface area (Å²) in [5.74, 6) is -4.10. The van der Waals surface area contributed by atoms with Gasteiger partial charge in [0, 0.05) is 32.1 Å². The van der Waals surface area contributed by atoms with Crippen LogP contribution in [-0.2, 0) is 4.79 Å². The molecule has 2 aliphatic rings. The molecule has 3 amide bonds. The number of halogens is 2. The standard InChI is InChI=1S/2C6H9FNO.C5H11NO.Al/c2*7-6(8-5-9)3-1-2-4-6;1-2-3-4-5(6)7;/h2*1-4H2,(H,8,9);2-4H2,1H3,(H2,6,7);/q;;;+1/p-1. The summed E-state index contributed by atoms with van der Waals surface area (Å²) in [5, 5.41) is 4.59. The van der Waals surface area contributed by atoms with Crippen molar-refractivity contribution in [3.05, 3.63) is 0 Å². The largest absolute Gasteiger partial charge is 0.661 e. The number of hydrogen-bond acceptors (Lipinski definition) is 3. The topological polar surface area (TPSA) is 87.3 Å². The van der Waals surface area contributed by atoms with Gasteiger partial charge in [0.1, 0.15) is 0 Å². The van der Waals surface area contributed by atoms with E-state index in [-0.39, 0.29) is 32.1 Å². The SMILES string of the molecule is CCCCC(=O)[NH][Al]([C](=O)NC1(F)CCCC1)[C](=O)NC1(F)CCCC1. The van der Waals surface area contributed by atoms with E-state index in [1.165, 1.54) is 0 Å². The van der Waals surface area contributed by atoms with Gasteiger partial charge in [-0.25, -0.2) is 8.78 Å². The molecule has 146 valence electrons. The Morgan fingerprint density at radius 1 is 0.885 bits per heavy atom. The van der Waals surface area contributed by atoms with E-state index in [9.17, 15) is 23.2 Å². The molecule has 0 unspecified atom stereocenters. The molecule has 2 aliphatic carbocycles.